The van der Waals surface area contributed by atoms with E-state index in [-0.39, 0.29) is 12.5 Å². The van der Waals surface area contributed by atoms with E-state index < -0.39 is 12.7 Å². The van der Waals surface area contributed by atoms with Crippen LogP contribution in [0.3, 0.4) is 0 Å². The van der Waals surface area contributed by atoms with Crippen LogP contribution in [0, 0.1) is 25.2 Å². The van der Waals surface area contributed by atoms with Crippen LogP contribution in [0.15, 0.2) is 0 Å². The van der Waals surface area contributed by atoms with Crippen molar-refractivity contribution in [2.75, 3.05) is 32.7 Å². The van der Waals surface area contributed by atoms with Gasteiger partial charge in [-0.2, -0.15) is 23.5 Å². The Kier molecular flexibility index (Phi) is 7.25. The minimum Gasteiger partial charge on any atom is -0.341 e. The molecule has 0 bridgehead atoms. The topological polar surface area (TPSA) is 65.2 Å². The Morgan fingerprint density at radius 3 is 2.63 bits per heavy atom. The van der Waals surface area contributed by atoms with Crippen LogP contribution in [0.25, 0.3) is 0 Å². The summed E-state index contributed by atoms with van der Waals surface area (Å²) in [4.78, 5) is 15.6. The van der Waals surface area contributed by atoms with Crippen LogP contribution in [0.5, 0.6) is 0 Å². The first-order chi connectivity index (χ1) is 12.7. The highest BCUT2D eigenvalue weighted by molar-refractivity contribution is 5.76. The molecule has 1 fully saturated rings. The highest BCUT2D eigenvalue weighted by Crippen LogP contribution is 2.19. The summed E-state index contributed by atoms with van der Waals surface area (Å²) in [5.74, 6) is -0.0348. The second-order valence-electron chi connectivity index (χ2n) is 6.91. The Balaban J connectivity index is 1.89. The Bertz CT molecular complexity index is 692. The minimum absolute atomic E-state index is 0.0348. The molecule has 6 nitrogen and oxygen atoms in total. The molecule has 1 aromatic heterocycles. The van der Waals surface area contributed by atoms with Crippen LogP contribution < -0.4 is 0 Å². The molecule has 2 rings (SSSR count). The van der Waals surface area contributed by atoms with Crippen LogP contribution in [0.1, 0.15) is 36.2 Å². The highest BCUT2D eigenvalue weighted by atomic mass is 19.4. The zero-order valence-corrected chi connectivity index (χ0v) is 15.8. The normalized spacial score (nSPS) is 16.2. The van der Waals surface area contributed by atoms with Gasteiger partial charge in [0.2, 0.25) is 5.91 Å². The Morgan fingerprint density at radius 1 is 1.22 bits per heavy atom. The summed E-state index contributed by atoms with van der Waals surface area (Å²) < 4.78 is 39.4. The highest BCUT2D eigenvalue weighted by Gasteiger charge is 2.31. The van der Waals surface area contributed by atoms with Crippen LogP contribution in [-0.2, 0) is 17.8 Å². The third-order valence-corrected chi connectivity index (χ3v) is 4.90. The lowest BCUT2D eigenvalue weighted by Crippen LogP contribution is -2.38. The standard InChI is InChI=1S/C18H26F3N5O/c1-14-16(15(2)26(23-14)10-3-7-22)5-6-17(27)25-9-4-8-24(11-12-25)13-18(19,20)21/h3-6,8-13H2,1-2H3. The van der Waals surface area contributed by atoms with Crippen molar-refractivity contribution in [3.05, 3.63) is 17.0 Å². The van der Waals surface area contributed by atoms with Gasteiger partial charge in [-0.3, -0.25) is 14.4 Å². The molecule has 0 spiro atoms. The molecule has 0 aromatic carbocycles. The van der Waals surface area contributed by atoms with Gasteiger partial charge in [-0.1, -0.05) is 0 Å². The maximum atomic E-state index is 12.5. The number of nitrogens with zero attached hydrogens (tertiary/aromatic N) is 5. The average molecular weight is 385 g/mol. The molecule has 27 heavy (non-hydrogen) atoms. The SMILES string of the molecule is Cc1nn(CCC#N)c(C)c1CCC(=O)N1CCCN(CC(F)(F)F)CC1. The van der Waals surface area contributed by atoms with Gasteiger partial charge in [0.1, 0.15) is 0 Å². The van der Waals surface area contributed by atoms with Crippen molar-refractivity contribution in [3.8, 4) is 6.07 Å². The van der Waals surface area contributed by atoms with Gasteiger partial charge in [0.25, 0.3) is 0 Å². The lowest BCUT2D eigenvalue weighted by Gasteiger charge is -2.22. The van der Waals surface area contributed by atoms with E-state index in [1.807, 2.05) is 13.8 Å². The van der Waals surface area contributed by atoms with E-state index in [1.54, 1.807) is 9.58 Å². The summed E-state index contributed by atoms with van der Waals surface area (Å²) in [7, 11) is 0. The predicted molar refractivity (Wildman–Crippen MR) is 93.9 cm³/mol. The molecule has 1 saturated heterocycles. The van der Waals surface area contributed by atoms with Crippen molar-refractivity contribution in [1.29, 1.82) is 5.26 Å². The summed E-state index contributed by atoms with van der Waals surface area (Å²) in [5.41, 5.74) is 2.82. The Morgan fingerprint density at radius 2 is 1.96 bits per heavy atom. The Labute approximate surface area is 157 Å². The number of halogens is 3. The maximum Gasteiger partial charge on any atom is 0.401 e. The van der Waals surface area contributed by atoms with E-state index in [1.165, 1.54) is 4.90 Å². The molecule has 0 aliphatic carbocycles. The molecule has 0 saturated carbocycles. The second kappa shape index (κ2) is 9.22. The molecule has 0 unspecified atom stereocenters. The number of nitriles is 1. The molecule has 1 amide bonds. The van der Waals surface area contributed by atoms with Crippen molar-refractivity contribution in [2.45, 2.75) is 52.3 Å². The van der Waals surface area contributed by atoms with Gasteiger partial charge >= 0.3 is 6.18 Å². The molecule has 9 heteroatoms. The summed E-state index contributed by atoms with van der Waals surface area (Å²) in [6.45, 7) is 4.84. The largest absolute Gasteiger partial charge is 0.401 e. The van der Waals surface area contributed by atoms with Crippen molar-refractivity contribution in [1.82, 2.24) is 19.6 Å². The van der Waals surface area contributed by atoms with Crippen LogP contribution in [0.2, 0.25) is 0 Å². The fourth-order valence-corrected chi connectivity index (χ4v) is 3.49. The lowest BCUT2D eigenvalue weighted by molar-refractivity contribution is -0.145. The summed E-state index contributed by atoms with van der Waals surface area (Å²) >= 11 is 0. The summed E-state index contributed by atoms with van der Waals surface area (Å²) in [6, 6.07) is 2.09. The van der Waals surface area contributed by atoms with Gasteiger partial charge in [-0.15, -0.1) is 0 Å². The van der Waals surface area contributed by atoms with E-state index in [9.17, 15) is 18.0 Å². The molecule has 150 valence electrons. The van der Waals surface area contributed by atoms with Crippen LogP contribution in [0.4, 0.5) is 13.2 Å². The third-order valence-electron chi connectivity index (χ3n) is 4.90. The number of amides is 1. The summed E-state index contributed by atoms with van der Waals surface area (Å²) in [5, 5.41) is 13.1. The Hall–Kier alpha value is -2.08. The monoisotopic (exact) mass is 385 g/mol. The van der Waals surface area contributed by atoms with Gasteiger partial charge in [0, 0.05) is 38.3 Å². The number of alkyl halides is 3. The van der Waals surface area contributed by atoms with Crippen molar-refractivity contribution in [2.24, 2.45) is 0 Å². The van der Waals surface area contributed by atoms with Crippen LogP contribution in [-0.4, -0.2) is 64.4 Å². The molecule has 1 aromatic rings. The molecule has 0 radical (unpaired) electrons. The summed E-state index contributed by atoms with van der Waals surface area (Å²) in [6.07, 6.45) is -2.43. The minimum atomic E-state index is -4.21. The van der Waals surface area contributed by atoms with Gasteiger partial charge in [0.05, 0.1) is 31.3 Å². The first-order valence-corrected chi connectivity index (χ1v) is 9.18. The molecule has 1 aliphatic heterocycles. The predicted octanol–water partition coefficient (Wildman–Crippen LogP) is 2.44. The zero-order valence-electron chi connectivity index (χ0n) is 15.8. The van der Waals surface area contributed by atoms with Crippen molar-refractivity contribution in [3.63, 3.8) is 0 Å². The molecule has 0 atom stereocenters. The smallest absolute Gasteiger partial charge is 0.341 e. The van der Waals surface area contributed by atoms with Gasteiger partial charge in [-0.25, -0.2) is 0 Å². The van der Waals surface area contributed by atoms with Gasteiger partial charge in [-0.05, 0) is 32.3 Å². The first-order valence-electron chi connectivity index (χ1n) is 9.18. The van der Waals surface area contributed by atoms with Crippen LogP contribution >= 0.6 is 0 Å². The molecular weight excluding hydrogens is 359 g/mol. The first kappa shape index (κ1) is 21.2. The van der Waals surface area contributed by atoms with Gasteiger partial charge < -0.3 is 4.90 Å². The zero-order chi connectivity index (χ0) is 20.0. The van der Waals surface area contributed by atoms with E-state index in [0.29, 0.717) is 51.9 Å². The van der Waals surface area contributed by atoms with Gasteiger partial charge in [0.15, 0.2) is 0 Å². The molecule has 2 heterocycles. The number of hydrogen-bond donors (Lipinski definition) is 0. The number of aryl methyl sites for hydroxylation is 2. The quantitative estimate of drug-likeness (QED) is 0.755. The second-order valence-corrected chi connectivity index (χ2v) is 6.91. The average Bonchev–Trinajstić information content (AvgIpc) is 2.75. The van der Waals surface area contributed by atoms with E-state index in [4.69, 9.17) is 5.26 Å². The number of aromatic nitrogens is 2. The van der Waals surface area contributed by atoms with E-state index in [2.05, 4.69) is 11.2 Å². The number of carbonyl (C=O) groups is 1. The molecule has 0 N–H and O–H groups in total. The van der Waals surface area contributed by atoms with E-state index in [0.717, 1.165) is 17.0 Å². The molecular formula is C18H26F3N5O. The number of hydrogen-bond acceptors (Lipinski definition) is 4. The maximum absolute atomic E-state index is 12.5. The number of carbonyl (C=O) groups excluding carboxylic acids is 1. The molecule has 1 aliphatic rings. The van der Waals surface area contributed by atoms with Crippen molar-refractivity contribution < 1.29 is 18.0 Å². The fourth-order valence-electron chi connectivity index (χ4n) is 3.49. The fraction of sp³-hybridized carbons (Fsp3) is 0.722. The number of rotatable bonds is 6. The lowest BCUT2D eigenvalue weighted by atomic mass is 10.1. The van der Waals surface area contributed by atoms with Crippen molar-refractivity contribution >= 4 is 5.91 Å². The third kappa shape index (κ3) is 6.24. The van der Waals surface area contributed by atoms with E-state index >= 15 is 0 Å².